The molecule has 4 rings (SSSR count). The van der Waals surface area contributed by atoms with Gasteiger partial charge in [-0.15, -0.1) is 11.3 Å². The highest BCUT2D eigenvalue weighted by Gasteiger charge is 2.08. The summed E-state index contributed by atoms with van der Waals surface area (Å²) in [6.45, 7) is 3.25. The van der Waals surface area contributed by atoms with Gasteiger partial charge in [-0.05, 0) is 61.0 Å². The van der Waals surface area contributed by atoms with E-state index in [1.54, 1.807) is 36.0 Å². The van der Waals surface area contributed by atoms with Crippen molar-refractivity contribution in [2.24, 2.45) is 0 Å². The minimum atomic E-state index is -0.195. The monoisotopic (exact) mass is 461 g/mol. The minimum Gasteiger partial charge on any atom is -0.494 e. The molecule has 1 N–H and O–H groups in total. The normalized spacial score (nSPS) is 10.5. The molecule has 0 saturated carbocycles. The van der Waals surface area contributed by atoms with Crippen molar-refractivity contribution in [3.05, 3.63) is 94.6 Å². The smallest absolute Gasteiger partial charge is 0.251 e. The number of carbonyl (C=O) groups excluding carboxylic acids is 1. The van der Waals surface area contributed by atoms with Gasteiger partial charge in [0.25, 0.3) is 5.91 Å². The van der Waals surface area contributed by atoms with Crippen LogP contribution in [0.25, 0.3) is 0 Å². The molecule has 0 saturated heterocycles. The molecular formula is C25H23N3O4S. The lowest BCUT2D eigenvalue weighted by Crippen LogP contribution is -2.22. The third-order valence-electron chi connectivity index (χ3n) is 4.58. The molecule has 2 aromatic heterocycles. The maximum atomic E-state index is 12.6. The molecule has 0 bridgehead atoms. The fraction of sp³-hybridized carbons (Fsp3) is 0.160. The standard InChI is InChI=1S/C25H23N3O4S/c1-2-30-21-6-8-22(9-7-21)32-24-12-18(10-11-26-24)14-27-25(29)19-4-3-5-23(13-19)31-15-20-16-33-17-28-20/h3-13,16-17H,2,14-15H2,1H3,(H,27,29). The van der Waals surface area contributed by atoms with Gasteiger partial charge >= 0.3 is 0 Å². The summed E-state index contributed by atoms with van der Waals surface area (Å²) >= 11 is 1.52. The number of aromatic nitrogens is 2. The molecule has 7 nitrogen and oxygen atoms in total. The zero-order valence-corrected chi connectivity index (χ0v) is 18.9. The summed E-state index contributed by atoms with van der Waals surface area (Å²) in [5.74, 6) is 2.31. The number of ether oxygens (including phenoxy) is 3. The van der Waals surface area contributed by atoms with E-state index in [1.165, 1.54) is 11.3 Å². The average molecular weight is 462 g/mol. The minimum absolute atomic E-state index is 0.195. The van der Waals surface area contributed by atoms with Crippen LogP contribution in [0.15, 0.2) is 77.8 Å². The summed E-state index contributed by atoms with van der Waals surface area (Å²) in [6, 6.07) is 18.0. The number of rotatable bonds is 10. The third-order valence-corrected chi connectivity index (χ3v) is 5.21. The van der Waals surface area contributed by atoms with Crippen LogP contribution in [-0.4, -0.2) is 22.5 Å². The van der Waals surface area contributed by atoms with Crippen molar-refractivity contribution >= 4 is 17.2 Å². The highest BCUT2D eigenvalue weighted by atomic mass is 32.1. The molecule has 1 amide bonds. The molecule has 2 heterocycles. The van der Waals surface area contributed by atoms with E-state index in [4.69, 9.17) is 14.2 Å². The number of hydrogen-bond acceptors (Lipinski definition) is 7. The van der Waals surface area contributed by atoms with Crippen molar-refractivity contribution in [3.8, 4) is 23.1 Å². The van der Waals surface area contributed by atoms with Gasteiger partial charge in [-0.2, -0.15) is 0 Å². The first-order chi connectivity index (χ1) is 16.2. The molecule has 0 aliphatic carbocycles. The SMILES string of the molecule is CCOc1ccc(Oc2cc(CNC(=O)c3cccc(OCc4cscn4)c3)ccn2)cc1. The van der Waals surface area contributed by atoms with E-state index >= 15 is 0 Å². The Labute approximate surface area is 196 Å². The van der Waals surface area contributed by atoms with Gasteiger partial charge in [-0.25, -0.2) is 9.97 Å². The van der Waals surface area contributed by atoms with Crippen molar-refractivity contribution in [1.29, 1.82) is 0 Å². The van der Waals surface area contributed by atoms with Crippen LogP contribution in [-0.2, 0) is 13.2 Å². The first-order valence-electron chi connectivity index (χ1n) is 10.4. The van der Waals surface area contributed by atoms with Gasteiger partial charge in [0, 0.05) is 29.8 Å². The quantitative estimate of drug-likeness (QED) is 0.348. The van der Waals surface area contributed by atoms with Gasteiger partial charge in [0.2, 0.25) is 5.88 Å². The number of nitrogens with zero attached hydrogens (tertiary/aromatic N) is 2. The largest absolute Gasteiger partial charge is 0.494 e. The van der Waals surface area contributed by atoms with Crippen LogP contribution in [0.3, 0.4) is 0 Å². The zero-order chi connectivity index (χ0) is 22.9. The summed E-state index contributed by atoms with van der Waals surface area (Å²) in [7, 11) is 0. The molecule has 2 aromatic carbocycles. The van der Waals surface area contributed by atoms with Crippen LogP contribution in [0.5, 0.6) is 23.1 Å². The van der Waals surface area contributed by atoms with Crippen LogP contribution in [0.1, 0.15) is 28.5 Å². The summed E-state index contributed by atoms with van der Waals surface area (Å²) in [5.41, 5.74) is 4.01. The van der Waals surface area contributed by atoms with E-state index in [0.29, 0.717) is 42.7 Å². The van der Waals surface area contributed by atoms with E-state index in [2.05, 4.69) is 15.3 Å². The lowest BCUT2D eigenvalue weighted by Gasteiger charge is -2.10. The van der Waals surface area contributed by atoms with E-state index in [-0.39, 0.29) is 5.91 Å². The third kappa shape index (κ3) is 6.54. The van der Waals surface area contributed by atoms with Crippen molar-refractivity contribution in [2.75, 3.05) is 6.61 Å². The fourth-order valence-electron chi connectivity index (χ4n) is 2.99. The van der Waals surface area contributed by atoms with Crippen molar-refractivity contribution in [2.45, 2.75) is 20.1 Å². The lowest BCUT2D eigenvalue weighted by molar-refractivity contribution is 0.0950. The molecule has 4 aromatic rings. The highest BCUT2D eigenvalue weighted by molar-refractivity contribution is 7.07. The first kappa shape index (κ1) is 22.3. The molecule has 8 heteroatoms. The molecule has 0 aliphatic heterocycles. The molecule has 0 unspecified atom stereocenters. The second kappa shape index (κ2) is 11.1. The number of thiazole rings is 1. The Morgan fingerprint density at radius 3 is 2.61 bits per heavy atom. The predicted molar refractivity (Wildman–Crippen MR) is 126 cm³/mol. The predicted octanol–water partition coefficient (Wildman–Crippen LogP) is 5.24. The molecule has 168 valence electrons. The van der Waals surface area contributed by atoms with Crippen LogP contribution < -0.4 is 19.5 Å². The van der Waals surface area contributed by atoms with Crippen LogP contribution in [0, 0.1) is 0 Å². The average Bonchev–Trinajstić information content (AvgIpc) is 3.37. The van der Waals surface area contributed by atoms with Crippen LogP contribution >= 0.6 is 11.3 Å². The Bertz CT molecular complexity index is 1180. The van der Waals surface area contributed by atoms with Crippen LogP contribution in [0.4, 0.5) is 0 Å². The van der Waals surface area contributed by atoms with Gasteiger partial charge in [-0.3, -0.25) is 4.79 Å². The van der Waals surface area contributed by atoms with Crippen LogP contribution in [0.2, 0.25) is 0 Å². The Hall–Kier alpha value is -3.91. The maximum Gasteiger partial charge on any atom is 0.251 e. The number of nitrogens with one attached hydrogen (secondary N) is 1. The molecule has 0 aliphatic rings. The van der Waals surface area contributed by atoms with Gasteiger partial charge in [0.1, 0.15) is 23.9 Å². The van der Waals surface area contributed by atoms with E-state index in [1.807, 2.05) is 48.7 Å². The molecule has 0 atom stereocenters. The van der Waals surface area contributed by atoms with Gasteiger partial charge < -0.3 is 19.5 Å². The van der Waals surface area contributed by atoms with E-state index in [9.17, 15) is 4.79 Å². The lowest BCUT2D eigenvalue weighted by atomic mass is 10.2. The Morgan fingerprint density at radius 2 is 1.82 bits per heavy atom. The van der Waals surface area contributed by atoms with Crippen molar-refractivity contribution in [1.82, 2.24) is 15.3 Å². The molecule has 0 radical (unpaired) electrons. The summed E-state index contributed by atoms with van der Waals surface area (Å²) in [4.78, 5) is 21.1. The molecular weight excluding hydrogens is 438 g/mol. The number of pyridine rings is 1. The van der Waals surface area contributed by atoms with E-state index in [0.717, 1.165) is 17.0 Å². The summed E-state index contributed by atoms with van der Waals surface area (Å²) in [5, 5.41) is 4.85. The Kier molecular flexibility index (Phi) is 7.50. The van der Waals surface area contributed by atoms with Crippen molar-refractivity contribution in [3.63, 3.8) is 0 Å². The summed E-state index contributed by atoms with van der Waals surface area (Å²) < 4.78 is 17.0. The molecule has 0 fully saturated rings. The topological polar surface area (TPSA) is 82.6 Å². The van der Waals surface area contributed by atoms with Gasteiger partial charge in [-0.1, -0.05) is 6.07 Å². The Balaban J connectivity index is 1.32. The second-order valence-electron chi connectivity index (χ2n) is 6.99. The number of hydrogen-bond donors (Lipinski definition) is 1. The van der Waals surface area contributed by atoms with Crippen molar-refractivity contribution < 1.29 is 19.0 Å². The molecule has 33 heavy (non-hydrogen) atoms. The Morgan fingerprint density at radius 1 is 0.970 bits per heavy atom. The highest BCUT2D eigenvalue weighted by Crippen LogP contribution is 2.23. The zero-order valence-electron chi connectivity index (χ0n) is 18.1. The fourth-order valence-corrected chi connectivity index (χ4v) is 3.53. The second-order valence-corrected chi connectivity index (χ2v) is 7.71. The maximum absolute atomic E-state index is 12.6. The number of carbonyl (C=O) groups is 1. The first-order valence-corrected chi connectivity index (χ1v) is 11.4. The molecule has 0 spiro atoms. The van der Waals surface area contributed by atoms with Gasteiger partial charge in [0.05, 0.1) is 17.8 Å². The summed E-state index contributed by atoms with van der Waals surface area (Å²) in [6.07, 6.45) is 1.65. The van der Waals surface area contributed by atoms with Gasteiger partial charge in [0.15, 0.2) is 0 Å². The number of benzene rings is 2. The number of amides is 1. The van der Waals surface area contributed by atoms with E-state index < -0.39 is 0 Å².